The Morgan fingerprint density at radius 2 is 1.91 bits per heavy atom. The van der Waals surface area contributed by atoms with Crippen LogP contribution in [0, 0.1) is 5.92 Å². The van der Waals surface area contributed by atoms with E-state index in [1.165, 1.54) is 49.8 Å². The summed E-state index contributed by atoms with van der Waals surface area (Å²) in [5.74, 6) is -1.84. The number of unbranched alkanes of at least 4 members (excludes halogenated alkanes) is 1. The van der Waals surface area contributed by atoms with E-state index in [4.69, 9.17) is 0 Å². The number of hydrogen-bond acceptors (Lipinski definition) is 1. The van der Waals surface area contributed by atoms with Crippen molar-refractivity contribution < 1.29 is 13.9 Å². The molecule has 0 amide bonds. The van der Waals surface area contributed by atoms with Crippen LogP contribution in [0.15, 0.2) is 24.3 Å². The normalized spacial score (nSPS) is 29.3. The van der Waals surface area contributed by atoms with Crippen LogP contribution in [0.25, 0.3) is 6.08 Å². The Labute approximate surface area is 137 Å². The SMILES string of the molecule is CCCCC1CCC(c2ccc3c(c2)C=CC(O)C3(F)F)CC1. The molecule has 0 spiro atoms. The molecule has 0 aliphatic heterocycles. The molecule has 1 saturated carbocycles. The molecular weight excluding hydrogens is 294 g/mol. The van der Waals surface area contributed by atoms with Crippen molar-refractivity contribution in [3.8, 4) is 0 Å². The Kier molecular flexibility index (Phi) is 4.86. The zero-order valence-corrected chi connectivity index (χ0v) is 13.8. The van der Waals surface area contributed by atoms with Gasteiger partial charge in [0.05, 0.1) is 0 Å². The van der Waals surface area contributed by atoms with E-state index in [0.29, 0.717) is 11.5 Å². The van der Waals surface area contributed by atoms with Crippen LogP contribution in [0.1, 0.15) is 74.5 Å². The topological polar surface area (TPSA) is 20.2 Å². The van der Waals surface area contributed by atoms with E-state index in [9.17, 15) is 13.9 Å². The van der Waals surface area contributed by atoms with E-state index >= 15 is 0 Å². The Morgan fingerprint density at radius 1 is 1.17 bits per heavy atom. The molecule has 3 rings (SSSR count). The van der Waals surface area contributed by atoms with Crippen molar-refractivity contribution in [1.82, 2.24) is 0 Å². The first-order valence-corrected chi connectivity index (χ1v) is 8.91. The van der Waals surface area contributed by atoms with Crippen LogP contribution in [0.4, 0.5) is 8.78 Å². The summed E-state index contributed by atoms with van der Waals surface area (Å²) < 4.78 is 28.1. The minimum absolute atomic E-state index is 0.0483. The third-order valence-electron chi connectivity index (χ3n) is 5.55. The minimum Gasteiger partial charge on any atom is -0.382 e. The molecule has 1 aromatic rings. The fraction of sp³-hybridized carbons (Fsp3) is 0.600. The lowest BCUT2D eigenvalue weighted by atomic mass is 9.76. The van der Waals surface area contributed by atoms with Crippen molar-refractivity contribution in [3.05, 3.63) is 41.0 Å². The van der Waals surface area contributed by atoms with Crippen LogP contribution < -0.4 is 0 Å². The molecular formula is C20H26F2O. The summed E-state index contributed by atoms with van der Waals surface area (Å²) >= 11 is 0. The molecule has 1 unspecified atom stereocenters. The maximum absolute atomic E-state index is 14.0. The van der Waals surface area contributed by atoms with Gasteiger partial charge in [0.1, 0.15) is 6.10 Å². The molecule has 126 valence electrons. The molecule has 0 bridgehead atoms. The van der Waals surface area contributed by atoms with Gasteiger partial charge in [0.2, 0.25) is 0 Å². The number of hydrogen-bond donors (Lipinski definition) is 1. The van der Waals surface area contributed by atoms with Crippen LogP contribution in [0.5, 0.6) is 0 Å². The molecule has 0 heterocycles. The number of aliphatic hydroxyl groups excluding tert-OH is 1. The van der Waals surface area contributed by atoms with Crippen LogP contribution in [0.2, 0.25) is 0 Å². The van der Waals surface area contributed by atoms with Gasteiger partial charge in [0.25, 0.3) is 0 Å². The molecule has 1 nitrogen and oxygen atoms in total. The maximum Gasteiger partial charge on any atom is 0.302 e. The van der Waals surface area contributed by atoms with E-state index in [-0.39, 0.29) is 5.56 Å². The predicted octanol–water partition coefficient (Wildman–Crippen LogP) is 5.63. The van der Waals surface area contributed by atoms with Gasteiger partial charge in [-0.25, -0.2) is 0 Å². The van der Waals surface area contributed by atoms with Crippen LogP contribution in [-0.2, 0) is 5.92 Å². The van der Waals surface area contributed by atoms with Crippen molar-refractivity contribution in [2.75, 3.05) is 0 Å². The van der Waals surface area contributed by atoms with Gasteiger partial charge in [-0.3, -0.25) is 0 Å². The molecule has 1 N–H and O–H groups in total. The molecule has 1 fully saturated rings. The Hall–Kier alpha value is -1.22. The van der Waals surface area contributed by atoms with E-state index in [1.54, 1.807) is 6.08 Å². The summed E-state index contributed by atoms with van der Waals surface area (Å²) in [5, 5.41) is 9.46. The van der Waals surface area contributed by atoms with Crippen molar-refractivity contribution in [2.24, 2.45) is 5.92 Å². The lowest BCUT2D eigenvalue weighted by molar-refractivity contribution is -0.0940. The number of benzene rings is 1. The third kappa shape index (κ3) is 3.35. The summed E-state index contributed by atoms with van der Waals surface area (Å²) in [6, 6.07) is 5.26. The zero-order chi connectivity index (χ0) is 16.4. The third-order valence-corrected chi connectivity index (χ3v) is 5.55. The summed E-state index contributed by atoms with van der Waals surface area (Å²) in [6.45, 7) is 2.24. The second-order valence-electron chi connectivity index (χ2n) is 7.13. The van der Waals surface area contributed by atoms with Crippen molar-refractivity contribution in [2.45, 2.75) is 69.8 Å². The van der Waals surface area contributed by atoms with Gasteiger partial charge in [0, 0.05) is 5.56 Å². The minimum atomic E-state index is -3.18. The van der Waals surface area contributed by atoms with Crippen LogP contribution in [0.3, 0.4) is 0 Å². The quantitative estimate of drug-likeness (QED) is 0.762. The van der Waals surface area contributed by atoms with E-state index in [1.807, 2.05) is 12.1 Å². The summed E-state index contributed by atoms with van der Waals surface area (Å²) in [5.41, 5.74) is 1.69. The number of aliphatic hydroxyl groups is 1. The van der Waals surface area contributed by atoms with Crippen molar-refractivity contribution in [3.63, 3.8) is 0 Å². The van der Waals surface area contributed by atoms with Gasteiger partial charge < -0.3 is 5.11 Å². The molecule has 0 aromatic heterocycles. The van der Waals surface area contributed by atoms with Gasteiger partial charge in [-0.05, 0) is 54.7 Å². The van der Waals surface area contributed by atoms with Gasteiger partial charge >= 0.3 is 5.92 Å². The lowest BCUT2D eigenvalue weighted by Gasteiger charge is -2.30. The molecule has 0 radical (unpaired) electrons. The lowest BCUT2D eigenvalue weighted by Crippen LogP contribution is -2.32. The van der Waals surface area contributed by atoms with Gasteiger partial charge in [-0.2, -0.15) is 8.78 Å². The fourth-order valence-electron chi connectivity index (χ4n) is 4.03. The molecule has 2 aliphatic rings. The number of halogens is 2. The predicted molar refractivity (Wildman–Crippen MR) is 89.6 cm³/mol. The summed E-state index contributed by atoms with van der Waals surface area (Å²) in [4.78, 5) is 0. The number of rotatable bonds is 4. The number of fused-ring (bicyclic) bond motifs is 1. The molecule has 0 saturated heterocycles. The maximum atomic E-state index is 14.0. The van der Waals surface area contributed by atoms with E-state index in [2.05, 4.69) is 6.92 Å². The van der Waals surface area contributed by atoms with Gasteiger partial charge in [-0.1, -0.05) is 50.5 Å². The highest BCUT2D eigenvalue weighted by atomic mass is 19.3. The second-order valence-corrected chi connectivity index (χ2v) is 7.13. The van der Waals surface area contributed by atoms with E-state index in [0.717, 1.165) is 18.8 Å². The summed E-state index contributed by atoms with van der Waals surface area (Å²) in [6.07, 6.45) is 9.87. The highest BCUT2D eigenvalue weighted by Gasteiger charge is 2.42. The van der Waals surface area contributed by atoms with Crippen molar-refractivity contribution in [1.29, 1.82) is 0 Å². The molecule has 1 aromatic carbocycles. The fourth-order valence-corrected chi connectivity index (χ4v) is 4.03. The first kappa shape index (κ1) is 16.6. The summed E-state index contributed by atoms with van der Waals surface area (Å²) in [7, 11) is 0. The van der Waals surface area contributed by atoms with Crippen LogP contribution >= 0.6 is 0 Å². The highest BCUT2D eigenvalue weighted by molar-refractivity contribution is 5.60. The zero-order valence-electron chi connectivity index (χ0n) is 13.8. The Balaban J connectivity index is 1.71. The number of alkyl halides is 2. The van der Waals surface area contributed by atoms with Gasteiger partial charge in [-0.15, -0.1) is 0 Å². The average Bonchev–Trinajstić information content (AvgIpc) is 2.57. The van der Waals surface area contributed by atoms with Gasteiger partial charge in [0.15, 0.2) is 0 Å². The first-order chi connectivity index (χ1) is 11.0. The molecule has 3 heteroatoms. The second kappa shape index (κ2) is 6.72. The molecule has 23 heavy (non-hydrogen) atoms. The van der Waals surface area contributed by atoms with Crippen LogP contribution in [-0.4, -0.2) is 11.2 Å². The first-order valence-electron chi connectivity index (χ1n) is 8.91. The molecule has 2 aliphatic carbocycles. The standard InChI is InChI=1S/C20H26F2O/c1-2-3-4-14-5-7-15(8-6-14)16-9-11-18-17(13-16)10-12-19(23)20(18,21)22/h9-15,19,23H,2-8H2,1H3. The smallest absolute Gasteiger partial charge is 0.302 e. The Bertz CT molecular complexity index is 571. The highest BCUT2D eigenvalue weighted by Crippen LogP contribution is 2.42. The van der Waals surface area contributed by atoms with E-state index < -0.39 is 12.0 Å². The molecule has 1 atom stereocenters. The monoisotopic (exact) mass is 320 g/mol. The largest absolute Gasteiger partial charge is 0.382 e. The van der Waals surface area contributed by atoms with Crippen molar-refractivity contribution >= 4 is 6.08 Å². The average molecular weight is 320 g/mol. The Morgan fingerprint density at radius 3 is 2.61 bits per heavy atom.